The highest BCUT2D eigenvalue weighted by molar-refractivity contribution is 7.99. The van der Waals surface area contributed by atoms with E-state index in [0.717, 1.165) is 0 Å². The van der Waals surface area contributed by atoms with Crippen molar-refractivity contribution in [2.24, 2.45) is 0 Å². The Morgan fingerprint density at radius 2 is 1.92 bits per heavy atom. The Balaban J connectivity index is 3.57. The van der Waals surface area contributed by atoms with E-state index in [9.17, 15) is 0 Å². The third kappa shape index (κ3) is 6.36. The fraction of sp³-hybridized carbons (Fsp3) is 1.00. The summed E-state index contributed by atoms with van der Waals surface area (Å²) in [5.41, 5.74) is 0. The van der Waals surface area contributed by atoms with Crippen LogP contribution in [0.15, 0.2) is 0 Å². The molecule has 3 heteroatoms. The van der Waals surface area contributed by atoms with Crippen LogP contribution in [0.5, 0.6) is 0 Å². The second kappa shape index (κ2) is 7.65. The van der Waals surface area contributed by atoms with Crippen LogP contribution in [0.1, 0.15) is 27.7 Å². The Hall–Kier alpha value is 0.270. The van der Waals surface area contributed by atoms with Crippen molar-refractivity contribution in [3.8, 4) is 0 Å². The van der Waals surface area contributed by atoms with E-state index in [1.165, 1.54) is 11.5 Å². The summed E-state index contributed by atoms with van der Waals surface area (Å²) in [7, 11) is 1.76. The summed E-state index contributed by atoms with van der Waals surface area (Å²) in [6.07, 6.45) is 0.286. The molecule has 0 fully saturated rings. The molecule has 0 radical (unpaired) electrons. The normalized spacial score (nSPS) is 18.2. The van der Waals surface area contributed by atoms with Gasteiger partial charge in [0, 0.05) is 24.9 Å². The number of rotatable bonds is 7. The van der Waals surface area contributed by atoms with Gasteiger partial charge >= 0.3 is 0 Å². The summed E-state index contributed by atoms with van der Waals surface area (Å²) < 4.78 is 5.25. The first-order valence-electron chi connectivity index (χ1n) is 4.98. The average molecular weight is 205 g/mol. The van der Waals surface area contributed by atoms with Crippen molar-refractivity contribution in [3.05, 3.63) is 0 Å². The predicted molar refractivity (Wildman–Crippen MR) is 61.5 cm³/mol. The van der Waals surface area contributed by atoms with Gasteiger partial charge in [-0.3, -0.25) is 0 Å². The van der Waals surface area contributed by atoms with E-state index < -0.39 is 0 Å². The van der Waals surface area contributed by atoms with Crippen LogP contribution in [0.3, 0.4) is 0 Å². The number of thioether (sulfide) groups is 1. The van der Waals surface area contributed by atoms with Gasteiger partial charge < -0.3 is 10.1 Å². The largest absolute Gasteiger partial charge is 0.380 e. The predicted octanol–water partition coefficient (Wildman–Crippen LogP) is 2.14. The van der Waals surface area contributed by atoms with Gasteiger partial charge in [0.15, 0.2) is 0 Å². The van der Waals surface area contributed by atoms with Gasteiger partial charge in [-0.15, -0.1) is 0 Å². The van der Waals surface area contributed by atoms with E-state index >= 15 is 0 Å². The molecule has 80 valence electrons. The number of hydrogen-bond acceptors (Lipinski definition) is 3. The minimum atomic E-state index is 0.286. The molecule has 0 bridgehead atoms. The lowest BCUT2D eigenvalue weighted by atomic mass is 10.2. The smallest absolute Gasteiger partial charge is 0.0693 e. The summed E-state index contributed by atoms with van der Waals surface area (Å²) >= 11 is 1.97. The van der Waals surface area contributed by atoms with Gasteiger partial charge in [0.2, 0.25) is 0 Å². The standard InChI is InChI=1S/C10H23NOS/c1-6-13-7-8(2)11-9(3)10(4)12-5/h8-11H,6-7H2,1-5H3. The number of ether oxygens (including phenoxy) is 1. The van der Waals surface area contributed by atoms with Crippen molar-refractivity contribution in [1.29, 1.82) is 0 Å². The molecule has 0 aliphatic carbocycles. The van der Waals surface area contributed by atoms with Crippen LogP contribution in [0.25, 0.3) is 0 Å². The highest BCUT2D eigenvalue weighted by Crippen LogP contribution is 2.04. The van der Waals surface area contributed by atoms with Crippen molar-refractivity contribution in [2.75, 3.05) is 18.6 Å². The molecule has 0 spiro atoms. The first-order chi connectivity index (χ1) is 6.11. The number of methoxy groups -OCH3 is 1. The second-order valence-corrected chi connectivity index (χ2v) is 4.78. The molecule has 3 unspecified atom stereocenters. The fourth-order valence-corrected chi connectivity index (χ4v) is 1.82. The monoisotopic (exact) mass is 205 g/mol. The van der Waals surface area contributed by atoms with Crippen molar-refractivity contribution in [2.45, 2.75) is 45.9 Å². The Morgan fingerprint density at radius 3 is 2.38 bits per heavy atom. The highest BCUT2D eigenvalue weighted by atomic mass is 32.2. The molecule has 1 N–H and O–H groups in total. The highest BCUT2D eigenvalue weighted by Gasteiger charge is 2.13. The van der Waals surface area contributed by atoms with Crippen molar-refractivity contribution >= 4 is 11.8 Å². The van der Waals surface area contributed by atoms with Crippen LogP contribution >= 0.6 is 11.8 Å². The minimum absolute atomic E-state index is 0.286. The van der Waals surface area contributed by atoms with E-state index in [-0.39, 0.29) is 6.10 Å². The van der Waals surface area contributed by atoms with E-state index in [1.54, 1.807) is 7.11 Å². The van der Waals surface area contributed by atoms with Crippen molar-refractivity contribution < 1.29 is 4.74 Å². The summed E-state index contributed by atoms with van der Waals surface area (Å²) in [5, 5.41) is 3.52. The third-order valence-electron chi connectivity index (χ3n) is 2.20. The Kier molecular flexibility index (Phi) is 7.81. The van der Waals surface area contributed by atoms with Crippen LogP contribution in [0, 0.1) is 0 Å². The molecule has 13 heavy (non-hydrogen) atoms. The molecule has 0 amide bonds. The van der Waals surface area contributed by atoms with Gasteiger partial charge in [-0.25, -0.2) is 0 Å². The molecule has 2 nitrogen and oxygen atoms in total. The molecular weight excluding hydrogens is 182 g/mol. The summed E-state index contributed by atoms with van der Waals surface area (Å²) in [4.78, 5) is 0. The molecule has 0 aliphatic heterocycles. The zero-order valence-corrected chi connectivity index (χ0v) is 10.3. The molecule has 0 aromatic rings. The SMILES string of the molecule is CCSCC(C)NC(C)C(C)OC. The Morgan fingerprint density at radius 1 is 1.31 bits per heavy atom. The lowest BCUT2D eigenvalue weighted by molar-refractivity contribution is 0.0862. The molecule has 0 aromatic carbocycles. The maximum absolute atomic E-state index is 5.25. The molecule has 3 atom stereocenters. The van der Waals surface area contributed by atoms with Crippen LogP contribution in [-0.4, -0.2) is 36.8 Å². The van der Waals surface area contributed by atoms with Gasteiger partial charge in [-0.05, 0) is 26.5 Å². The molecule has 0 aromatic heterocycles. The first-order valence-corrected chi connectivity index (χ1v) is 6.13. The average Bonchev–Trinajstić information content (AvgIpc) is 2.13. The maximum Gasteiger partial charge on any atom is 0.0693 e. The van der Waals surface area contributed by atoms with Gasteiger partial charge in [0.25, 0.3) is 0 Å². The van der Waals surface area contributed by atoms with Gasteiger partial charge in [0.1, 0.15) is 0 Å². The first kappa shape index (κ1) is 13.3. The maximum atomic E-state index is 5.25. The van der Waals surface area contributed by atoms with Crippen LogP contribution in [-0.2, 0) is 4.74 Å². The summed E-state index contributed by atoms with van der Waals surface area (Å²) in [6, 6.07) is 0.995. The molecule has 0 heterocycles. The molecule has 0 saturated carbocycles. The lowest BCUT2D eigenvalue weighted by Gasteiger charge is -2.24. The molecule has 0 saturated heterocycles. The zero-order chi connectivity index (χ0) is 10.3. The lowest BCUT2D eigenvalue weighted by Crippen LogP contribution is -2.42. The van der Waals surface area contributed by atoms with Crippen molar-refractivity contribution in [1.82, 2.24) is 5.32 Å². The van der Waals surface area contributed by atoms with Crippen molar-refractivity contribution in [3.63, 3.8) is 0 Å². The summed E-state index contributed by atoms with van der Waals surface area (Å²) in [5.74, 6) is 2.37. The van der Waals surface area contributed by atoms with Crippen LogP contribution in [0.2, 0.25) is 0 Å². The van der Waals surface area contributed by atoms with E-state index in [4.69, 9.17) is 4.74 Å². The number of nitrogens with one attached hydrogen (secondary N) is 1. The quantitative estimate of drug-likeness (QED) is 0.688. The molecule has 0 rings (SSSR count). The Bertz CT molecular complexity index is 121. The third-order valence-corrected chi connectivity index (χ3v) is 3.34. The molecular formula is C10H23NOS. The van der Waals surface area contributed by atoms with Gasteiger partial charge in [-0.2, -0.15) is 11.8 Å². The zero-order valence-electron chi connectivity index (χ0n) is 9.46. The van der Waals surface area contributed by atoms with Crippen LogP contribution in [0.4, 0.5) is 0 Å². The molecule has 0 aliphatic rings. The number of hydrogen-bond donors (Lipinski definition) is 1. The van der Waals surface area contributed by atoms with Gasteiger partial charge in [-0.1, -0.05) is 6.92 Å². The Labute approximate surface area is 86.8 Å². The topological polar surface area (TPSA) is 21.3 Å². The fourth-order valence-electron chi connectivity index (χ4n) is 1.13. The minimum Gasteiger partial charge on any atom is -0.380 e. The van der Waals surface area contributed by atoms with Crippen LogP contribution < -0.4 is 5.32 Å². The summed E-state index contributed by atoms with van der Waals surface area (Å²) in [6.45, 7) is 8.68. The van der Waals surface area contributed by atoms with Gasteiger partial charge in [0.05, 0.1) is 6.10 Å². The second-order valence-electron chi connectivity index (χ2n) is 3.46. The van der Waals surface area contributed by atoms with E-state index in [2.05, 4.69) is 33.0 Å². The van der Waals surface area contributed by atoms with E-state index in [1.807, 2.05) is 11.8 Å². The van der Waals surface area contributed by atoms with E-state index in [0.29, 0.717) is 12.1 Å².